The number of hydrogen-bond acceptors (Lipinski definition) is 11. The maximum Gasteiger partial charge on any atom is 0.232 e. The average molecular weight is 481 g/mol. The van der Waals surface area contributed by atoms with E-state index in [2.05, 4.69) is 4.72 Å². The molecule has 0 spiro atoms. The molecule has 3 rings (SSSR count). The van der Waals surface area contributed by atoms with Crippen molar-refractivity contribution in [1.82, 2.24) is 9.62 Å². The third-order valence-corrected chi connectivity index (χ3v) is 6.29. The SMILES string of the molecule is CC1CC(=O)N(CCOCCOCCOC[C@@]23CO[C@H](O2)[C@H](N[S+](C)[O-])[C@@H](O)[C@H]3O)C1=O. The van der Waals surface area contributed by atoms with Gasteiger partial charge in [-0.3, -0.25) is 14.5 Å². The van der Waals surface area contributed by atoms with E-state index in [9.17, 15) is 24.4 Å². The Kier molecular flexibility index (Phi) is 9.26. The van der Waals surface area contributed by atoms with Gasteiger partial charge in [0.05, 0.1) is 52.8 Å². The Morgan fingerprint density at radius 2 is 1.84 bits per heavy atom. The Hall–Kier alpha value is -0.870. The van der Waals surface area contributed by atoms with Gasteiger partial charge in [-0.2, -0.15) is 0 Å². The lowest BCUT2D eigenvalue weighted by molar-refractivity contribution is -0.235. The second-order valence-corrected chi connectivity index (χ2v) is 9.31. The largest absolute Gasteiger partial charge is 0.598 e. The van der Waals surface area contributed by atoms with E-state index in [1.165, 1.54) is 11.2 Å². The summed E-state index contributed by atoms with van der Waals surface area (Å²) in [6.45, 7) is 3.42. The van der Waals surface area contributed by atoms with Gasteiger partial charge in [0.1, 0.15) is 30.1 Å². The van der Waals surface area contributed by atoms with Crippen molar-refractivity contribution in [3.8, 4) is 0 Å². The molecular formula is C19H32N2O10S. The fraction of sp³-hybridized carbons (Fsp3) is 0.895. The molecule has 13 heteroatoms. The van der Waals surface area contributed by atoms with Crippen molar-refractivity contribution in [2.24, 2.45) is 5.92 Å². The van der Waals surface area contributed by atoms with Gasteiger partial charge >= 0.3 is 0 Å². The third-order valence-electron chi connectivity index (χ3n) is 5.69. The summed E-state index contributed by atoms with van der Waals surface area (Å²) in [5, 5.41) is 20.8. The molecule has 3 aliphatic heterocycles. The zero-order chi connectivity index (χ0) is 23.3. The Balaban J connectivity index is 1.24. The number of amides is 2. The number of imide groups is 1. The number of fused-ring (bicyclic) bond motifs is 2. The van der Waals surface area contributed by atoms with Crippen LogP contribution in [0.2, 0.25) is 0 Å². The van der Waals surface area contributed by atoms with Crippen LogP contribution in [0.1, 0.15) is 13.3 Å². The van der Waals surface area contributed by atoms with E-state index in [0.717, 1.165) is 0 Å². The lowest BCUT2D eigenvalue weighted by atomic mass is 9.89. The molecule has 3 aliphatic rings. The quantitative estimate of drug-likeness (QED) is 0.146. The first-order valence-corrected chi connectivity index (χ1v) is 12.1. The van der Waals surface area contributed by atoms with Crippen LogP contribution in [0.25, 0.3) is 0 Å². The molecule has 3 fully saturated rings. The van der Waals surface area contributed by atoms with Crippen LogP contribution in [0.3, 0.4) is 0 Å². The first-order valence-electron chi connectivity index (χ1n) is 10.6. The predicted octanol–water partition coefficient (Wildman–Crippen LogP) is -2.47. The molecular weight excluding hydrogens is 448 g/mol. The molecule has 2 amide bonds. The number of likely N-dealkylation sites (tertiary alicyclic amines) is 1. The van der Waals surface area contributed by atoms with Gasteiger partial charge in [-0.05, 0) is 0 Å². The van der Waals surface area contributed by atoms with Gasteiger partial charge in [0.15, 0.2) is 6.29 Å². The van der Waals surface area contributed by atoms with Gasteiger partial charge in [-0.15, -0.1) is 4.72 Å². The molecule has 0 aliphatic carbocycles. The number of aliphatic hydroxyl groups excluding tert-OH is 2. The minimum atomic E-state index is -1.41. The first-order chi connectivity index (χ1) is 15.2. The van der Waals surface area contributed by atoms with Crippen LogP contribution >= 0.6 is 0 Å². The molecule has 0 aromatic carbocycles. The minimum absolute atomic E-state index is 0.000163. The highest BCUT2D eigenvalue weighted by atomic mass is 32.2. The number of ether oxygens (including phenoxy) is 5. The normalized spacial score (nSPS) is 35.7. The zero-order valence-electron chi connectivity index (χ0n) is 18.3. The molecule has 3 saturated heterocycles. The van der Waals surface area contributed by atoms with E-state index in [1.807, 2.05) is 0 Å². The van der Waals surface area contributed by atoms with Gasteiger partial charge in [-0.1, -0.05) is 6.92 Å². The van der Waals surface area contributed by atoms with Crippen LogP contribution in [0.15, 0.2) is 0 Å². The summed E-state index contributed by atoms with van der Waals surface area (Å²) in [7, 11) is 0. The fourth-order valence-corrected chi connectivity index (χ4v) is 4.56. The highest BCUT2D eigenvalue weighted by molar-refractivity contribution is 7.88. The summed E-state index contributed by atoms with van der Waals surface area (Å²) >= 11 is -1.41. The summed E-state index contributed by atoms with van der Waals surface area (Å²) in [5.74, 6) is -0.572. The van der Waals surface area contributed by atoms with E-state index < -0.39 is 41.5 Å². The molecule has 12 nitrogen and oxygen atoms in total. The van der Waals surface area contributed by atoms with E-state index >= 15 is 0 Å². The number of aliphatic hydroxyl groups is 2. The number of nitrogens with zero attached hydrogens (tertiary/aromatic N) is 1. The van der Waals surface area contributed by atoms with Crippen molar-refractivity contribution in [3.05, 3.63) is 0 Å². The number of carbonyl (C=O) groups is 2. The number of hydrogen-bond donors (Lipinski definition) is 3. The van der Waals surface area contributed by atoms with Gasteiger partial charge in [0, 0.05) is 23.7 Å². The highest BCUT2D eigenvalue weighted by Gasteiger charge is 2.60. The van der Waals surface area contributed by atoms with E-state index in [1.54, 1.807) is 6.92 Å². The second-order valence-electron chi connectivity index (χ2n) is 8.16. The third kappa shape index (κ3) is 5.97. The average Bonchev–Trinajstić information content (AvgIpc) is 3.25. The topological polar surface area (TPSA) is 159 Å². The molecule has 32 heavy (non-hydrogen) atoms. The molecule has 3 heterocycles. The fourth-order valence-electron chi connectivity index (χ4n) is 3.93. The Morgan fingerprint density at radius 3 is 2.47 bits per heavy atom. The summed E-state index contributed by atoms with van der Waals surface area (Å²) in [4.78, 5) is 24.7. The molecule has 7 atom stereocenters. The van der Waals surface area contributed by atoms with Gasteiger partial charge in [-0.25, -0.2) is 0 Å². The van der Waals surface area contributed by atoms with Crippen molar-refractivity contribution in [2.75, 3.05) is 59.0 Å². The van der Waals surface area contributed by atoms with Crippen LogP contribution in [0.5, 0.6) is 0 Å². The van der Waals surface area contributed by atoms with Gasteiger partial charge in [0.2, 0.25) is 11.8 Å². The monoisotopic (exact) mass is 480 g/mol. The molecule has 0 radical (unpaired) electrons. The summed E-state index contributed by atoms with van der Waals surface area (Å²) in [6.07, 6.45) is -1.64. The predicted molar refractivity (Wildman–Crippen MR) is 110 cm³/mol. The van der Waals surface area contributed by atoms with Crippen molar-refractivity contribution >= 4 is 23.2 Å². The molecule has 0 saturated carbocycles. The number of carbonyl (C=O) groups excluding carboxylic acids is 2. The molecule has 3 N–H and O–H groups in total. The standard InChI is InChI=1S/C19H32N2O10S/c1-12-9-13(22)21(17(12)25)3-4-27-5-6-28-7-8-29-10-19-11-30-18(31-19)14(20-32(2)26)15(23)16(19)24/h12,14-16,18,20,23-24H,3-11H2,1-2H3/t12?,14-,15-,16-,18-,19+,32?/m1/s1. The van der Waals surface area contributed by atoms with Crippen molar-refractivity contribution < 1.29 is 48.0 Å². The number of nitrogens with one attached hydrogen (secondary N) is 1. The molecule has 2 unspecified atom stereocenters. The Bertz CT molecular complexity index is 656. The molecule has 2 bridgehead atoms. The second kappa shape index (κ2) is 11.5. The zero-order valence-corrected chi connectivity index (χ0v) is 19.1. The summed E-state index contributed by atoms with van der Waals surface area (Å²) in [5.41, 5.74) is -1.19. The highest BCUT2D eigenvalue weighted by Crippen LogP contribution is 2.37. The van der Waals surface area contributed by atoms with E-state index in [-0.39, 0.29) is 63.7 Å². The van der Waals surface area contributed by atoms with Crippen molar-refractivity contribution in [1.29, 1.82) is 0 Å². The maximum absolute atomic E-state index is 11.8. The smallest absolute Gasteiger partial charge is 0.232 e. The lowest BCUT2D eigenvalue weighted by Crippen LogP contribution is -2.66. The van der Waals surface area contributed by atoms with Crippen LogP contribution in [-0.4, -0.2) is 121 Å². The van der Waals surface area contributed by atoms with Crippen LogP contribution < -0.4 is 4.72 Å². The van der Waals surface area contributed by atoms with Gasteiger partial charge in [0.25, 0.3) is 0 Å². The Morgan fingerprint density at radius 1 is 1.19 bits per heavy atom. The van der Waals surface area contributed by atoms with Crippen LogP contribution in [0.4, 0.5) is 0 Å². The lowest BCUT2D eigenvalue weighted by Gasteiger charge is -2.42. The van der Waals surface area contributed by atoms with Crippen LogP contribution in [0, 0.1) is 5.92 Å². The summed E-state index contributed by atoms with van der Waals surface area (Å²) < 4.78 is 41.7. The molecule has 184 valence electrons. The van der Waals surface area contributed by atoms with Crippen molar-refractivity contribution in [2.45, 2.75) is 43.5 Å². The van der Waals surface area contributed by atoms with E-state index in [4.69, 9.17) is 23.7 Å². The van der Waals surface area contributed by atoms with Crippen molar-refractivity contribution in [3.63, 3.8) is 0 Å². The summed E-state index contributed by atoms with van der Waals surface area (Å²) in [6, 6.07) is -0.806. The van der Waals surface area contributed by atoms with E-state index in [0.29, 0.717) is 13.2 Å². The molecule has 0 aromatic heterocycles. The first kappa shape index (κ1) is 25.7. The minimum Gasteiger partial charge on any atom is -0.598 e. The van der Waals surface area contributed by atoms with Crippen LogP contribution in [-0.2, 0) is 44.6 Å². The molecule has 0 aromatic rings. The van der Waals surface area contributed by atoms with Gasteiger partial charge < -0.3 is 38.5 Å². The maximum atomic E-state index is 11.8. The Labute approximate surface area is 189 Å². The number of rotatable bonds is 13.